The Balaban J connectivity index is 2.38. The molecule has 4 nitrogen and oxygen atoms in total. The summed E-state index contributed by atoms with van der Waals surface area (Å²) in [6.07, 6.45) is 0. The molecule has 1 heterocycles. The van der Waals surface area contributed by atoms with E-state index in [1.54, 1.807) is 0 Å². The summed E-state index contributed by atoms with van der Waals surface area (Å²) in [5.41, 5.74) is 0. The van der Waals surface area contributed by atoms with Crippen molar-refractivity contribution >= 4 is 17.6 Å². The van der Waals surface area contributed by atoms with E-state index < -0.39 is 0 Å². The number of carbonyl (C=O) groups excluding carboxylic acids is 1. The zero-order chi connectivity index (χ0) is 12.8. The van der Waals surface area contributed by atoms with Gasteiger partial charge in [0, 0.05) is 51.2 Å². The Bertz CT molecular complexity index is 236. The van der Waals surface area contributed by atoms with Crippen molar-refractivity contribution in [2.75, 3.05) is 45.8 Å². The van der Waals surface area contributed by atoms with E-state index >= 15 is 0 Å². The highest BCUT2D eigenvalue weighted by atomic mass is 35.5. The first kappa shape index (κ1) is 14.6. The van der Waals surface area contributed by atoms with Gasteiger partial charge in [-0.15, -0.1) is 11.6 Å². The molecule has 1 atom stereocenters. The quantitative estimate of drug-likeness (QED) is 0.720. The van der Waals surface area contributed by atoms with E-state index in [0.717, 1.165) is 45.8 Å². The molecule has 0 aromatic heterocycles. The number of carbonyl (C=O) groups is 1. The Hall–Kier alpha value is -0.480. The molecule has 0 aromatic carbocycles. The number of piperazine rings is 1. The molecule has 1 aliphatic rings. The second kappa shape index (κ2) is 7.07. The van der Waals surface area contributed by atoms with Crippen molar-refractivity contribution in [3.05, 3.63) is 0 Å². The van der Waals surface area contributed by atoms with Gasteiger partial charge in [0.05, 0.1) is 0 Å². The van der Waals surface area contributed by atoms with E-state index in [-0.39, 0.29) is 11.4 Å². The number of hydrogen-bond acceptors (Lipinski definition) is 2. The van der Waals surface area contributed by atoms with Crippen molar-refractivity contribution in [1.29, 1.82) is 0 Å². The molecular weight excluding hydrogens is 238 g/mol. The normalized spacial score (nSPS) is 19.2. The number of nitrogens with zero attached hydrogens (tertiary/aromatic N) is 3. The molecule has 1 fully saturated rings. The van der Waals surface area contributed by atoms with Crippen LogP contribution in [-0.4, -0.2) is 71.9 Å². The maximum Gasteiger partial charge on any atom is 0.320 e. The zero-order valence-corrected chi connectivity index (χ0v) is 11.9. The van der Waals surface area contributed by atoms with Gasteiger partial charge >= 0.3 is 6.03 Å². The van der Waals surface area contributed by atoms with Gasteiger partial charge in [-0.1, -0.05) is 0 Å². The third-order valence-corrected chi connectivity index (χ3v) is 3.32. The number of rotatable bonds is 4. The minimum atomic E-state index is 0.175. The third-order valence-electron chi connectivity index (χ3n) is 3.19. The van der Waals surface area contributed by atoms with Gasteiger partial charge in [-0.25, -0.2) is 4.79 Å². The van der Waals surface area contributed by atoms with Crippen molar-refractivity contribution < 1.29 is 4.79 Å². The molecule has 100 valence electrons. The van der Waals surface area contributed by atoms with Crippen LogP contribution in [0, 0.1) is 0 Å². The molecule has 0 aromatic rings. The molecule has 1 rings (SSSR count). The van der Waals surface area contributed by atoms with Crippen LogP contribution in [0.1, 0.15) is 20.8 Å². The van der Waals surface area contributed by atoms with Gasteiger partial charge in [0.2, 0.25) is 0 Å². The number of amides is 2. The number of alkyl halides is 1. The summed E-state index contributed by atoms with van der Waals surface area (Å²) in [5.74, 6) is 0. The van der Waals surface area contributed by atoms with E-state index in [0.29, 0.717) is 0 Å². The van der Waals surface area contributed by atoms with Gasteiger partial charge in [-0.05, 0) is 20.8 Å². The first-order valence-corrected chi connectivity index (χ1v) is 6.92. The van der Waals surface area contributed by atoms with Gasteiger partial charge in [-0.3, -0.25) is 4.90 Å². The molecule has 0 radical (unpaired) electrons. The van der Waals surface area contributed by atoms with Crippen molar-refractivity contribution in [2.24, 2.45) is 0 Å². The number of halogens is 1. The molecule has 0 N–H and O–H groups in total. The van der Waals surface area contributed by atoms with Crippen LogP contribution in [0.25, 0.3) is 0 Å². The predicted molar refractivity (Wildman–Crippen MR) is 71.6 cm³/mol. The maximum absolute atomic E-state index is 12.1. The minimum absolute atomic E-state index is 0.175. The first-order chi connectivity index (χ1) is 8.08. The second-order valence-electron chi connectivity index (χ2n) is 4.52. The molecule has 0 saturated carbocycles. The van der Waals surface area contributed by atoms with Crippen molar-refractivity contribution in [2.45, 2.75) is 26.1 Å². The molecule has 1 unspecified atom stereocenters. The van der Waals surface area contributed by atoms with Crippen LogP contribution in [0.15, 0.2) is 0 Å². The molecule has 1 saturated heterocycles. The van der Waals surface area contributed by atoms with Crippen molar-refractivity contribution in [3.63, 3.8) is 0 Å². The van der Waals surface area contributed by atoms with E-state index in [1.807, 2.05) is 30.6 Å². The third kappa shape index (κ3) is 4.36. The standard InChI is InChI=1S/C12H24ClN3O/c1-4-15(5-2)12(17)16-8-6-14(7-9-16)10-11(3)13/h11H,4-10H2,1-3H3. The molecular formula is C12H24ClN3O. The lowest BCUT2D eigenvalue weighted by Crippen LogP contribution is -2.53. The van der Waals surface area contributed by atoms with Crippen LogP contribution in [0.5, 0.6) is 0 Å². The van der Waals surface area contributed by atoms with Gasteiger partial charge in [0.1, 0.15) is 0 Å². The van der Waals surface area contributed by atoms with Crippen LogP contribution in [0.3, 0.4) is 0 Å². The van der Waals surface area contributed by atoms with E-state index in [9.17, 15) is 4.79 Å². The number of hydrogen-bond donors (Lipinski definition) is 0. The fraction of sp³-hybridized carbons (Fsp3) is 0.917. The lowest BCUT2D eigenvalue weighted by molar-refractivity contribution is 0.115. The van der Waals surface area contributed by atoms with Crippen LogP contribution < -0.4 is 0 Å². The molecule has 5 heteroatoms. The van der Waals surface area contributed by atoms with Gasteiger partial charge in [0.15, 0.2) is 0 Å². The maximum atomic E-state index is 12.1. The Morgan fingerprint density at radius 1 is 1.24 bits per heavy atom. The summed E-state index contributed by atoms with van der Waals surface area (Å²) < 4.78 is 0. The fourth-order valence-electron chi connectivity index (χ4n) is 2.17. The molecule has 17 heavy (non-hydrogen) atoms. The molecule has 2 amide bonds. The highest BCUT2D eigenvalue weighted by Crippen LogP contribution is 2.07. The average molecular weight is 262 g/mol. The first-order valence-electron chi connectivity index (χ1n) is 6.48. The monoisotopic (exact) mass is 261 g/mol. The Morgan fingerprint density at radius 3 is 2.18 bits per heavy atom. The largest absolute Gasteiger partial charge is 0.325 e. The van der Waals surface area contributed by atoms with Crippen molar-refractivity contribution in [1.82, 2.24) is 14.7 Å². The summed E-state index contributed by atoms with van der Waals surface area (Å²) in [6.45, 7) is 12.0. The van der Waals surface area contributed by atoms with E-state index in [2.05, 4.69) is 4.90 Å². The Morgan fingerprint density at radius 2 is 1.76 bits per heavy atom. The van der Waals surface area contributed by atoms with Gasteiger partial charge < -0.3 is 9.80 Å². The lowest BCUT2D eigenvalue weighted by atomic mass is 10.3. The molecule has 1 aliphatic heterocycles. The molecule has 0 aliphatic carbocycles. The summed E-state index contributed by atoms with van der Waals surface area (Å²) in [4.78, 5) is 18.2. The summed E-state index contributed by atoms with van der Waals surface area (Å²) >= 11 is 5.97. The topological polar surface area (TPSA) is 26.8 Å². The van der Waals surface area contributed by atoms with Crippen LogP contribution >= 0.6 is 11.6 Å². The SMILES string of the molecule is CCN(CC)C(=O)N1CCN(CC(C)Cl)CC1. The van der Waals surface area contributed by atoms with E-state index in [4.69, 9.17) is 11.6 Å². The Kier molecular flexibility index (Phi) is 6.06. The van der Waals surface area contributed by atoms with Gasteiger partial charge in [0.25, 0.3) is 0 Å². The zero-order valence-electron chi connectivity index (χ0n) is 11.2. The summed E-state index contributed by atoms with van der Waals surface area (Å²) in [7, 11) is 0. The van der Waals surface area contributed by atoms with Crippen molar-refractivity contribution in [3.8, 4) is 0 Å². The predicted octanol–water partition coefficient (Wildman–Crippen LogP) is 1.69. The minimum Gasteiger partial charge on any atom is -0.325 e. The molecule has 0 bridgehead atoms. The highest BCUT2D eigenvalue weighted by Gasteiger charge is 2.23. The number of urea groups is 1. The fourth-order valence-corrected chi connectivity index (χ4v) is 2.37. The smallest absolute Gasteiger partial charge is 0.320 e. The van der Waals surface area contributed by atoms with Crippen LogP contribution in [0.4, 0.5) is 4.79 Å². The summed E-state index contributed by atoms with van der Waals surface area (Å²) in [6, 6.07) is 0.175. The second-order valence-corrected chi connectivity index (χ2v) is 5.27. The van der Waals surface area contributed by atoms with E-state index in [1.165, 1.54) is 0 Å². The van der Waals surface area contributed by atoms with Crippen LogP contribution in [-0.2, 0) is 0 Å². The van der Waals surface area contributed by atoms with Crippen LogP contribution in [0.2, 0.25) is 0 Å². The van der Waals surface area contributed by atoms with Gasteiger partial charge in [-0.2, -0.15) is 0 Å². The summed E-state index contributed by atoms with van der Waals surface area (Å²) in [5, 5.41) is 0.181. The Labute approximate surface area is 109 Å². The highest BCUT2D eigenvalue weighted by molar-refractivity contribution is 6.20. The molecule has 0 spiro atoms. The average Bonchev–Trinajstić information content (AvgIpc) is 2.30. The lowest BCUT2D eigenvalue weighted by Gasteiger charge is -2.37.